The summed E-state index contributed by atoms with van der Waals surface area (Å²) < 4.78 is 1.96. The minimum absolute atomic E-state index is 0.229. The highest BCUT2D eigenvalue weighted by atomic mass is 16.2. The summed E-state index contributed by atoms with van der Waals surface area (Å²) >= 11 is 0. The highest BCUT2D eigenvalue weighted by molar-refractivity contribution is 5.80. The molecular formula is C11H17N3O. The van der Waals surface area contributed by atoms with Gasteiger partial charge in [0.25, 0.3) is 0 Å². The Morgan fingerprint density at radius 3 is 3.07 bits per heavy atom. The molecule has 4 nitrogen and oxygen atoms in total. The zero-order chi connectivity index (χ0) is 10.7. The fraction of sp³-hybridized carbons (Fsp3) is 0.636. The van der Waals surface area contributed by atoms with Crippen molar-refractivity contribution in [3.8, 4) is 0 Å². The molecule has 0 aliphatic heterocycles. The number of rotatable bonds is 5. The van der Waals surface area contributed by atoms with Crippen LogP contribution in [0.1, 0.15) is 25.0 Å². The molecule has 1 heterocycles. The van der Waals surface area contributed by atoms with Crippen LogP contribution in [0.5, 0.6) is 0 Å². The molecule has 0 saturated heterocycles. The van der Waals surface area contributed by atoms with Crippen molar-refractivity contribution >= 4 is 5.91 Å². The van der Waals surface area contributed by atoms with Gasteiger partial charge in [-0.3, -0.25) is 9.48 Å². The molecule has 4 heteroatoms. The van der Waals surface area contributed by atoms with Gasteiger partial charge in [-0.25, -0.2) is 0 Å². The molecule has 0 bridgehead atoms. The Labute approximate surface area is 89.7 Å². The van der Waals surface area contributed by atoms with Gasteiger partial charge in [-0.15, -0.1) is 0 Å². The van der Waals surface area contributed by atoms with Gasteiger partial charge in [-0.05, 0) is 32.3 Å². The zero-order valence-electron chi connectivity index (χ0n) is 9.07. The number of aryl methyl sites for hydroxylation is 2. The molecule has 0 radical (unpaired) electrons. The van der Waals surface area contributed by atoms with Crippen LogP contribution in [-0.4, -0.2) is 22.2 Å². The number of carbonyl (C=O) groups is 1. The fourth-order valence-electron chi connectivity index (χ4n) is 1.56. The normalized spacial score (nSPS) is 15.3. The molecule has 1 N–H and O–H groups in total. The van der Waals surface area contributed by atoms with Crippen molar-refractivity contribution in [2.45, 2.75) is 32.7 Å². The molecule has 1 aromatic heterocycles. The maximum Gasteiger partial charge on any atom is 0.223 e. The second kappa shape index (κ2) is 4.47. The van der Waals surface area contributed by atoms with E-state index in [2.05, 4.69) is 10.4 Å². The molecule has 0 unspecified atom stereocenters. The first kappa shape index (κ1) is 10.2. The summed E-state index contributed by atoms with van der Waals surface area (Å²) in [6.45, 7) is 3.67. The van der Waals surface area contributed by atoms with E-state index < -0.39 is 0 Å². The fourth-order valence-corrected chi connectivity index (χ4v) is 1.56. The second-order valence-electron chi connectivity index (χ2n) is 4.11. The summed E-state index contributed by atoms with van der Waals surface area (Å²) in [6.07, 6.45) is 4.90. The van der Waals surface area contributed by atoms with Crippen LogP contribution in [0.3, 0.4) is 0 Å². The van der Waals surface area contributed by atoms with Crippen LogP contribution in [0.15, 0.2) is 12.3 Å². The van der Waals surface area contributed by atoms with Crippen LogP contribution in [0.4, 0.5) is 0 Å². The van der Waals surface area contributed by atoms with Crippen molar-refractivity contribution < 1.29 is 4.79 Å². The zero-order valence-corrected chi connectivity index (χ0v) is 9.07. The predicted molar refractivity (Wildman–Crippen MR) is 57.3 cm³/mol. The lowest BCUT2D eigenvalue weighted by atomic mass is 10.3. The van der Waals surface area contributed by atoms with E-state index in [1.165, 1.54) is 5.69 Å². The Morgan fingerprint density at radius 2 is 2.47 bits per heavy atom. The standard InChI is InChI=1S/C11H17N3O/c1-9-5-7-13-14(9)8-2-6-12-11(15)10-3-4-10/h5,7,10H,2-4,6,8H2,1H3,(H,12,15). The lowest BCUT2D eigenvalue weighted by Crippen LogP contribution is -2.26. The van der Waals surface area contributed by atoms with Gasteiger partial charge in [-0.2, -0.15) is 5.10 Å². The van der Waals surface area contributed by atoms with E-state index in [0.717, 1.165) is 32.4 Å². The van der Waals surface area contributed by atoms with Gasteiger partial charge in [0.2, 0.25) is 5.91 Å². The lowest BCUT2D eigenvalue weighted by molar-refractivity contribution is -0.122. The van der Waals surface area contributed by atoms with E-state index >= 15 is 0 Å². The van der Waals surface area contributed by atoms with Crippen molar-refractivity contribution in [3.63, 3.8) is 0 Å². The Bertz CT molecular complexity index is 341. The van der Waals surface area contributed by atoms with E-state index in [-0.39, 0.29) is 5.91 Å². The first-order chi connectivity index (χ1) is 7.27. The molecule has 1 aliphatic carbocycles. The monoisotopic (exact) mass is 207 g/mol. The molecule has 1 saturated carbocycles. The first-order valence-electron chi connectivity index (χ1n) is 5.53. The second-order valence-corrected chi connectivity index (χ2v) is 4.11. The molecule has 0 aromatic carbocycles. The van der Waals surface area contributed by atoms with E-state index in [0.29, 0.717) is 5.92 Å². The summed E-state index contributed by atoms with van der Waals surface area (Å²) in [5.74, 6) is 0.545. The molecule has 0 atom stereocenters. The minimum atomic E-state index is 0.229. The number of hydrogen-bond donors (Lipinski definition) is 1. The van der Waals surface area contributed by atoms with Gasteiger partial charge in [0.15, 0.2) is 0 Å². The largest absolute Gasteiger partial charge is 0.356 e. The van der Waals surface area contributed by atoms with E-state index in [4.69, 9.17) is 0 Å². The van der Waals surface area contributed by atoms with E-state index in [1.807, 2.05) is 17.7 Å². The number of aromatic nitrogens is 2. The smallest absolute Gasteiger partial charge is 0.223 e. The SMILES string of the molecule is Cc1ccnn1CCCNC(=O)C1CC1. The van der Waals surface area contributed by atoms with Gasteiger partial charge in [-0.1, -0.05) is 0 Å². The summed E-state index contributed by atoms with van der Waals surface area (Å²) in [5, 5.41) is 7.13. The van der Waals surface area contributed by atoms with Crippen molar-refractivity contribution in [2.75, 3.05) is 6.54 Å². The first-order valence-corrected chi connectivity index (χ1v) is 5.53. The number of amides is 1. The number of carbonyl (C=O) groups excluding carboxylic acids is 1. The maximum atomic E-state index is 11.3. The molecular weight excluding hydrogens is 190 g/mol. The van der Waals surface area contributed by atoms with Crippen LogP contribution in [0.2, 0.25) is 0 Å². The molecule has 1 amide bonds. The van der Waals surface area contributed by atoms with Gasteiger partial charge in [0.05, 0.1) is 0 Å². The number of nitrogens with one attached hydrogen (secondary N) is 1. The van der Waals surface area contributed by atoms with Gasteiger partial charge >= 0.3 is 0 Å². The minimum Gasteiger partial charge on any atom is -0.356 e. The van der Waals surface area contributed by atoms with Crippen LogP contribution < -0.4 is 5.32 Å². The molecule has 2 rings (SSSR count). The lowest BCUT2D eigenvalue weighted by Gasteiger charge is -2.05. The quantitative estimate of drug-likeness (QED) is 0.735. The topological polar surface area (TPSA) is 46.9 Å². The van der Waals surface area contributed by atoms with Crippen LogP contribution in [0.25, 0.3) is 0 Å². The van der Waals surface area contributed by atoms with Crippen molar-refractivity contribution in [1.82, 2.24) is 15.1 Å². The Morgan fingerprint density at radius 1 is 1.67 bits per heavy atom. The average molecular weight is 207 g/mol. The van der Waals surface area contributed by atoms with Crippen molar-refractivity contribution in [1.29, 1.82) is 0 Å². The molecule has 0 spiro atoms. The van der Waals surface area contributed by atoms with E-state index in [1.54, 1.807) is 6.20 Å². The Hall–Kier alpha value is -1.32. The number of nitrogens with zero attached hydrogens (tertiary/aromatic N) is 2. The highest BCUT2D eigenvalue weighted by Gasteiger charge is 2.28. The van der Waals surface area contributed by atoms with Crippen molar-refractivity contribution in [2.24, 2.45) is 5.92 Å². The molecule has 1 aromatic rings. The molecule has 15 heavy (non-hydrogen) atoms. The third-order valence-corrected chi connectivity index (χ3v) is 2.72. The molecule has 82 valence electrons. The summed E-state index contributed by atoms with van der Waals surface area (Å²) in [4.78, 5) is 11.3. The summed E-state index contributed by atoms with van der Waals surface area (Å²) in [5.41, 5.74) is 1.17. The summed E-state index contributed by atoms with van der Waals surface area (Å²) in [7, 11) is 0. The predicted octanol–water partition coefficient (Wildman–Crippen LogP) is 1.11. The van der Waals surface area contributed by atoms with E-state index in [9.17, 15) is 4.79 Å². The average Bonchev–Trinajstić information content (AvgIpc) is 2.99. The van der Waals surface area contributed by atoms with Gasteiger partial charge in [0, 0.05) is 30.9 Å². The Kier molecular flexibility index (Phi) is 3.04. The van der Waals surface area contributed by atoms with Crippen LogP contribution in [-0.2, 0) is 11.3 Å². The number of hydrogen-bond acceptors (Lipinski definition) is 2. The third-order valence-electron chi connectivity index (χ3n) is 2.72. The summed E-state index contributed by atoms with van der Waals surface area (Å²) in [6, 6.07) is 1.99. The van der Waals surface area contributed by atoms with Crippen LogP contribution in [0, 0.1) is 12.8 Å². The molecule has 1 aliphatic rings. The van der Waals surface area contributed by atoms with Gasteiger partial charge < -0.3 is 5.32 Å². The van der Waals surface area contributed by atoms with Crippen molar-refractivity contribution in [3.05, 3.63) is 18.0 Å². The van der Waals surface area contributed by atoms with Gasteiger partial charge in [0.1, 0.15) is 0 Å². The third kappa shape index (κ3) is 2.81. The highest BCUT2D eigenvalue weighted by Crippen LogP contribution is 2.28. The van der Waals surface area contributed by atoms with Crippen LogP contribution >= 0.6 is 0 Å². The molecule has 1 fully saturated rings. The Balaban J connectivity index is 1.62. The maximum absolute atomic E-state index is 11.3.